The third kappa shape index (κ3) is 3.25. The summed E-state index contributed by atoms with van der Waals surface area (Å²) >= 11 is 6.06. The first-order valence-corrected chi connectivity index (χ1v) is 8.71. The Labute approximate surface area is 139 Å². The maximum Gasteiger partial charge on any atom is 0.261 e. The van der Waals surface area contributed by atoms with Gasteiger partial charge in [0.2, 0.25) is 0 Å². The average Bonchev–Trinajstić information content (AvgIpc) is 2.56. The van der Waals surface area contributed by atoms with Gasteiger partial charge in [-0.05, 0) is 35.0 Å². The number of halogens is 1. The van der Waals surface area contributed by atoms with E-state index in [0.29, 0.717) is 10.8 Å². The molecule has 0 saturated heterocycles. The van der Waals surface area contributed by atoms with Gasteiger partial charge < -0.3 is 4.74 Å². The highest BCUT2D eigenvalue weighted by Gasteiger charge is 2.16. The van der Waals surface area contributed by atoms with Crippen LogP contribution < -0.4 is 9.46 Å². The van der Waals surface area contributed by atoms with E-state index in [1.54, 1.807) is 36.4 Å². The number of hydrogen-bond donors (Lipinski definition) is 1. The fourth-order valence-corrected chi connectivity index (χ4v) is 3.57. The van der Waals surface area contributed by atoms with Crippen LogP contribution in [0, 0.1) is 0 Å². The van der Waals surface area contributed by atoms with Gasteiger partial charge in [0.05, 0.1) is 22.7 Å². The van der Waals surface area contributed by atoms with E-state index < -0.39 is 10.0 Å². The van der Waals surface area contributed by atoms with Gasteiger partial charge in [-0.2, -0.15) is 0 Å². The van der Waals surface area contributed by atoms with E-state index in [1.165, 1.54) is 7.11 Å². The Kier molecular flexibility index (Phi) is 4.15. The largest absolute Gasteiger partial charge is 0.497 e. The molecule has 23 heavy (non-hydrogen) atoms. The molecular formula is C17H14ClNO3S. The second-order valence-electron chi connectivity index (χ2n) is 4.96. The fourth-order valence-electron chi connectivity index (χ4n) is 2.25. The van der Waals surface area contributed by atoms with E-state index in [-0.39, 0.29) is 10.6 Å². The van der Waals surface area contributed by atoms with Crippen LogP contribution in [0.1, 0.15) is 0 Å². The van der Waals surface area contributed by atoms with Gasteiger partial charge in [-0.3, -0.25) is 4.72 Å². The van der Waals surface area contributed by atoms with Crippen LogP contribution >= 0.6 is 11.6 Å². The van der Waals surface area contributed by atoms with E-state index in [2.05, 4.69) is 4.72 Å². The van der Waals surface area contributed by atoms with Crippen LogP contribution in [0.5, 0.6) is 5.75 Å². The monoisotopic (exact) mass is 347 g/mol. The summed E-state index contributed by atoms with van der Waals surface area (Å²) in [4.78, 5) is 0.176. The zero-order chi connectivity index (χ0) is 16.4. The van der Waals surface area contributed by atoms with E-state index in [9.17, 15) is 8.42 Å². The van der Waals surface area contributed by atoms with Crippen molar-refractivity contribution in [3.8, 4) is 5.75 Å². The zero-order valence-electron chi connectivity index (χ0n) is 12.3. The Morgan fingerprint density at radius 3 is 2.43 bits per heavy atom. The first kappa shape index (κ1) is 15.6. The van der Waals surface area contributed by atoms with Crippen LogP contribution in [-0.2, 0) is 10.0 Å². The molecule has 0 unspecified atom stereocenters. The molecule has 0 saturated carbocycles. The molecule has 0 amide bonds. The summed E-state index contributed by atoms with van der Waals surface area (Å²) in [5, 5.41) is 2.13. The summed E-state index contributed by atoms with van der Waals surface area (Å²) in [7, 11) is -2.24. The first-order valence-electron chi connectivity index (χ1n) is 6.85. The normalized spacial score (nSPS) is 11.4. The summed E-state index contributed by atoms with van der Waals surface area (Å²) in [6.45, 7) is 0. The minimum absolute atomic E-state index is 0.176. The molecule has 6 heteroatoms. The van der Waals surface area contributed by atoms with Crippen LogP contribution in [0.15, 0.2) is 65.6 Å². The highest BCUT2D eigenvalue weighted by molar-refractivity contribution is 7.92. The van der Waals surface area contributed by atoms with Gasteiger partial charge in [-0.25, -0.2) is 8.42 Å². The lowest BCUT2D eigenvalue weighted by Gasteiger charge is -2.11. The molecule has 1 N–H and O–H groups in total. The highest BCUT2D eigenvalue weighted by Crippen LogP contribution is 2.29. The average molecular weight is 348 g/mol. The van der Waals surface area contributed by atoms with Crippen LogP contribution in [0.2, 0.25) is 5.02 Å². The van der Waals surface area contributed by atoms with E-state index >= 15 is 0 Å². The minimum Gasteiger partial charge on any atom is -0.497 e. The molecule has 0 radical (unpaired) electrons. The number of methoxy groups -OCH3 is 1. The molecule has 0 aliphatic carbocycles. The minimum atomic E-state index is -3.74. The van der Waals surface area contributed by atoms with Crippen molar-refractivity contribution in [2.24, 2.45) is 0 Å². The number of hydrogen-bond acceptors (Lipinski definition) is 3. The number of benzene rings is 3. The zero-order valence-corrected chi connectivity index (χ0v) is 13.9. The summed E-state index contributed by atoms with van der Waals surface area (Å²) in [6, 6.07) is 17.3. The van der Waals surface area contributed by atoms with E-state index in [0.717, 1.165) is 10.8 Å². The molecule has 3 aromatic rings. The Bertz CT molecular complexity index is 970. The number of nitrogens with one attached hydrogen (secondary N) is 1. The predicted molar refractivity (Wildman–Crippen MR) is 92.8 cm³/mol. The number of sulfonamides is 1. The smallest absolute Gasteiger partial charge is 0.261 e. The van der Waals surface area contributed by atoms with Crippen molar-refractivity contribution in [2.45, 2.75) is 4.90 Å². The van der Waals surface area contributed by atoms with Gasteiger partial charge in [0, 0.05) is 6.07 Å². The molecule has 0 aromatic heterocycles. The lowest BCUT2D eigenvalue weighted by atomic mass is 10.1. The van der Waals surface area contributed by atoms with Gasteiger partial charge in [0.15, 0.2) is 0 Å². The molecule has 0 atom stereocenters. The number of anilines is 1. The van der Waals surface area contributed by atoms with Crippen molar-refractivity contribution < 1.29 is 13.2 Å². The summed E-state index contributed by atoms with van der Waals surface area (Å²) in [6.07, 6.45) is 0. The first-order chi connectivity index (χ1) is 11.0. The van der Waals surface area contributed by atoms with Gasteiger partial charge in [0.1, 0.15) is 5.75 Å². The molecule has 0 spiro atoms. The van der Waals surface area contributed by atoms with Gasteiger partial charge >= 0.3 is 0 Å². The van der Waals surface area contributed by atoms with Gasteiger partial charge in [0.25, 0.3) is 10.0 Å². The van der Waals surface area contributed by atoms with Crippen LogP contribution in [0.25, 0.3) is 10.8 Å². The number of fused-ring (bicyclic) bond motifs is 1. The summed E-state index contributed by atoms with van der Waals surface area (Å²) in [5.74, 6) is 0.519. The molecule has 3 aromatic carbocycles. The highest BCUT2D eigenvalue weighted by atomic mass is 35.5. The van der Waals surface area contributed by atoms with Crippen molar-refractivity contribution in [3.63, 3.8) is 0 Å². The Balaban J connectivity index is 2.00. The summed E-state index contributed by atoms with van der Waals surface area (Å²) < 4.78 is 32.8. The summed E-state index contributed by atoms with van der Waals surface area (Å²) in [5.41, 5.74) is 0.277. The van der Waals surface area contributed by atoms with Crippen molar-refractivity contribution in [1.29, 1.82) is 0 Å². The lowest BCUT2D eigenvalue weighted by molar-refractivity contribution is 0.415. The molecular weight excluding hydrogens is 334 g/mol. The fraction of sp³-hybridized carbons (Fsp3) is 0.0588. The van der Waals surface area contributed by atoms with E-state index in [4.69, 9.17) is 16.3 Å². The standard InChI is InChI=1S/C17H14ClNO3S/c1-22-14-7-9-16(18)17(11-14)19-23(20,21)15-8-6-12-4-2-3-5-13(12)10-15/h2-11,19H,1H3. The van der Waals surface area contributed by atoms with Gasteiger partial charge in [-0.1, -0.05) is 41.9 Å². The third-order valence-electron chi connectivity index (χ3n) is 3.45. The Morgan fingerprint density at radius 2 is 1.70 bits per heavy atom. The third-order valence-corrected chi connectivity index (χ3v) is 5.14. The SMILES string of the molecule is COc1ccc(Cl)c(NS(=O)(=O)c2ccc3ccccc3c2)c1. The second kappa shape index (κ2) is 6.10. The maximum absolute atomic E-state index is 12.6. The van der Waals surface area contributed by atoms with Crippen LogP contribution in [-0.4, -0.2) is 15.5 Å². The van der Waals surface area contributed by atoms with Crippen LogP contribution in [0.3, 0.4) is 0 Å². The van der Waals surface area contributed by atoms with Gasteiger partial charge in [-0.15, -0.1) is 0 Å². The molecule has 0 fully saturated rings. The van der Waals surface area contributed by atoms with Crippen molar-refractivity contribution in [1.82, 2.24) is 0 Å². The molecule has 118 valence electrons. The Hall–Kier alpha value is -2.24. The number of ether oxygens (including phenoxy) is 1. The quantitative estimate of drug-likeness (QED) is 0.765. The number of rotatable bonds is 4. The molecule has 0 bridgehead atoms. The molecule has 3 rings (SSSR count). The second-order valence-corrected chi connectivity index (χ2v) is 7.05. The molecule has 4 nitrogen and oxygen atoms in total. The topological polar surface area (TPSA) is 55.4 Å². The molecule has 0 aliphatic heterocycles. The Morgan fingerprint density at radius 1 is 0.957 bits per heavy atom. The molecule has 0 aliphatic rings. The van der Waals surface area contributed by atoms with E-state index in [1.807, 2.05) is 24.3 Å². The lowest BCUT2D eigenvalue weighted by Crippen LogP contribution is -2.13. The van der Waals surface area contributed by atoms with Crippen LogP contribution in [0.4, 0.5) is 5.69 Å². The maximum atomic E-state index is 12.6. The van der Waals surface area contributed by atoms with Crippen molar-refractivity contribution in [2.75, 3.05) is 11.8 Å². The van der Waals surface area contributed by atoms with Crippen molar-refractivity contribution >= 4 is 38.1 Å². The predicted octanol–water partition coefficient (Wildman–Crippen LogP) is 4.30. The van der Waals surface area contributed by atoms with Crippen molar-refractivity contribution in [3.05, 3.63) is 65.7 Å². The molecule has 0 heterocycles.